The van der Waals surface area contributed by atoms with Gasteiger partial charge in [-0.1, -0.05) is 145 Å². The molecular weight excluding hydrogens is 560 g/mol. The van der Waals surface area contributed by atoms with E-state index < -0.39 is 0 Å². The number of rotatable bonds is 31. The summed E-state index contributed by atoms with van der Waals surface area (Å²) in [5.74, 6) is -0.292. The fourth-order valence-corrected chi connectivity index (χ4v) is 6.96. The van der Waals surface area contributed by atoms with Crippen molar-refractivity contribution >= 4 is 0 Å². The lowest BCUT2D eigenvalue weighted by Gasteiger charge is -2.29. The van der Waals surface area contributed by atoms with E-state index in [2.05, 4.69) is 74.6 Å². The molecule has 0 aromatic rings. The molecule has 1 saturated heterocycles. The predicted octanol–water partition coefficient (Wildman–Crippen LogP) is 14.6. The summed E-state index contributed by atoms with van der Waals surface area (Å²) < 4.78 is 13.3. The molecule has 0 radical (unpaired) electrons. The highest BCUT2D eigenvalue weighted by Gasteiger charge is 2.48. The molecule has 0 aromatic carbocycles. The quantitative estimate of drug-likeness (QED) is 0.0557. The molecule has 2 fully saturated rings. The zero-order chi connectivity index (χ0) is 32.6. The van der Waals surface area contributed by atoms with Gasteiger partial charge < -0.3 is 9.47 Å². The third kappa shape index (κ3) is 21.5. The normalized spacial score (nSPS) is 21.9. The van der Waals surface area contributed by atoms with Crippen LogP contribution in [0, 0.1) is 0 Å². The highest BCUT2D eigenvalue weighted by Crippen LogP contribution is 2.43. The van der Waals surface area contributed by atoms with Gasteiger partial charge in [0.2, 0.25) is 0 Å². The summed E-state index contributed by atoms with van der Waals surface area (Å²) in [5, 5.41) is 0. The minimum Gasteiger partial charge on any atom is -0.344 e. The molecule has 0 N–H and O–H groups in total. The summed E-state index contributed by atoms with van der Waals surface area (Å²) in [6.45, 7) is 4.56. The lowest BCUT2D eigenvalue weighted by Crippen LogP contribution is -2.31. The molecule has 46 heavy (non-hydrogen) atoms. The summed E-state index contributed by atoms with van der Waals surface area (Å²) >= 11 is 0. The highest BCUT2D eigenvalue weighted by molar-refractivity contribution is 4.97. The minimum atomic E-state index is -0.292. The summed E-state index contributed by atoms with van der Waals surface area (Å²) in [6.07, 6.45) is 60.8. The van der Waals surface area contributed by atoms with Gasteiger partial charge in [-0.15, -0.1) is 0 Å². The SMILES string of the molecule is CCCCCCC=CCC=CCC=CCCCCC1(CCCCCCCCC=CCC=CCCCCCCC)OC2CCCC2O1. The van der Waals surface area contributed by atoms with Gasteiger partial charge >= 0.3 is 0 Å². The van der Waals surface area contributed by atoms with E-state index in [0.29, 0.717) is 12.2 Å². The number of fused-ring (bicyclic) bond motifs is 1. The fraction of sp³-hybridized carbons (Fsp3) is 0.773. The van der Waals surface area contributed by atoms with Crippen LogP contribution < -0.4 is 0 Å². The van der Waals surface area contributed by atoms with Gasteiger partial charge in [0.15, 0.2) is 5.79 Å². The second-order valence-electron chi connectivity index (χ2n) is 14.2. The molecule has 0 bridgehead atoms. The fourth-order valence-electron chi connectivity index (χ4n) is 6.96. The Labute approximate surface area is 287 Å². The van der Waals surface area contributed by atoms with Crippen molar-refractivity contribution in [3.05, 3.63) is 60.8 Å². The van der Waals surface area contributed by atoms with Crippen LogP contribution in [0.5, 0.6) is 0 Å². The zero-order valence-corrected chi connectivity index (χ0v) is 30.8. The molecule has 2 nitrogen and oxygen atoms in total. The Morgan fingerprint density at radius 2 is 0.739 bits per heavy atom. The number of hydrogen-bond donors (Lipinski definition) is 0. The summed E-state index contributed by atoms with van der Waals surface area (Å²) in [4.78, 5) is 0. The third-order valence-electron chi connectivity index (χ3n) is 9.83. The molecule has 1 saturated carbocycles. The Bertz CT molecular complexity index is 806. The molecule has 2 unspecified atom stereocenters. The molecule has 1 heterocycles. The number of allylic oxidation sites excluding steroid dienone is 10. The molecule has 0 amide bonds. The van der Waals surface area contributed by atoms with E-state index in [1.807, 2.05) is 0 Å². The summed E-state index contributed by atoms with van der Waals surface area (Å²) in [6, 6.07) is 0. The van der Waals surface area contributed by atoms with Crippen molar-refractivity contribution < 1.29 is 9.47 Å². The van der Waals surface area contributed by atoms with Crippen LogP contribution in [-0.2, 0) is 9.47 Å². The molecule has 264 valence electrons. The van der Waals surface area contributed by atoms with Crippen molar-refractivity contribution in [3.63, 3.8) is 0 Å². The first-order chi connectivity index (χ1) is 22.8. The molecule has 2 aliphatic rings. The van der Waals surface area contributed by atoms with Crippen LogP contribution in [-0.4, -0.2) is 18.0 Å². The van der Waals surface area contributed by atoms with Crippen molar-refractivity contribution in [1.82, 2.24) is 0 Å². The number of hydrogen-bond acceptors (Lipinski definition) is 2. The molecule has 2 heteroatoms. The van der Waals surface area contributed by atoms with Gasteiger partial charge in [-0.25, -0.2) is 0 Å². The van der Waals surface area contributed by atoms with Crippen molar-refractivity contribution in [2.24, 2.45) is 0 Å². The van der Waals surface area contributed by atoms with Crippen LogP contribution in [0.15, 0.2) is 60.8 Å². The van der Waals surface area contributed by atoms with Crippen LogP contribution in [0.2, 0.25) is 0 Å². The average molecular weight is 637 g/mol. The van der Waals surface area contributed by atoms with Crippen molar-refractivity contribution in [2.45, 2.75) is 218 Å². The zero-order valence-electron chi connectivity index (χ0n) is 30.8. The van der Waals surface area contributed by atoms with Gasteiger partial charge in [0.1, 0.15) is 0 Å². The van der Waals surface area contributed by atoms with Gasteiger partial charge in [0, 0.05) is 12.8 Å². The lowest BCUT2D eigenvalue weighted by atomic mass is 9.99. The second-order valence-corrected chi connectivity index (χ2v) is 14.2. The maximum Gasteiger partial charge on any atom is 0.169 e. The molecule has 1 aliphatic heterocycles. The standard InChI is InChI=1S/C44H76O2/c1-3-5-7-9-11-13-15-17-19-21-22-24-26-28-30-32-34-36-41-44(45-42-38-37-39-43(42)46-44)40-35-33-31-29-27-25-23-20-18-16-14-12-10-8-6-4-2/h14-17,20-23,27,29,42-43H,3-13,18-19,24-26,28,30-41H2,1-2H3. The Kier molecular flexibility index (Phi) is 26.4. The van der Waals surface area contributed by atoms with E-state index in [1.165, 1.54) is 154 Å². The van der Waals surface area contributed by atoms with E-state index in [0.717, 1.165) is 32.1 Å². The van der Waals surface area contributed by atoms with Crippen LogP contribution in [0.25, 0.3) is 0 Å². The first-order valence-electron chi connectivity index (χ1n) is 20.4. The van der Waals surface area contributed by atoms with E-state index in [-0.39, 0.29) is 5.79 Å². The molecule has 2 rings (SSSR count). The molecule has 2 atom stereocenters. The van der Waals surface area contributed by atoms with Crippen LogP contribution in [0.3, 0.4) is 0 Å². The van der Waals surface area contributed by atoms with Crippen LogP contribution in [0.4, 0.5) is 0 Å². The Hall–Kier alpha value is -1.38. The van der Waals surface area contributed by atoms with Gasteiger partial charge in [-0.3, -0.25) is 0 Å². The lowest BCUT2D eigenvalue weighted by molar-refractivity contribution is -0.190. The van der Waals surface area contributed by atoms with Gasteiger partial charge in [-0.2, -0.15) is 0 Å². The monoisotopic (exact) mass is 637 g/mol. The average Bonchev–Trinajstić information content (AvgIpc) is 3.64. The van der Waals surface area contributed by atoms with Gasteiger partial charge in [0.25, 0.3) is 0 Å². The Morgan fingerprint density at radius 1 is 0.413 bits per heavy atom. The first kappa shape index (κ1) is 40.8. The Balaban J connectivity index is 1.48. The van der Waals surface area contributed by atoms with E-state index in [4.69, 9.17) is 9.47 Å². The third-order valence-corrected chi connectivity index (χ3v) is 9.83. The van der Waals surface area contributed by atoms with Crippen molar-refractivity contribution in [1.29, 1.82) is 0 Å². The molecule has 0 spiro atoms. The van der Waals surface area contributed by atoms with Crippen LogP contribution >= 0.6 is 0 Å². The molecule has 1 aliphatic carbocycles. The highest BCUT2D eigenvalue weighted by atomic mass is 16.8. The summed E-state index contributed by atoms with van der Waals surface area (Å²) in [5.41, 5.74) is 0. The maximum absolute atomic E-state index is 6.66. The first-order valence-corrected chi connectivity index (χ1v) is 20.4. The van der Waals surface area contributed by atoms with E-state index in [1.54, 1.807) is 0 Å². The number of unbranched alkanes of at least 4 members (excludes halogenated alkanes) is 17. The molecular formula is C44H76O2. The number of ether oxygens (including phenoxy) is 2. The summed E-state index contributed by atoms with van der Waals surface area (Å²) in [7, 11) is 0. The van der Waals surface area contributed by atoms with Gasteiger partial charge in [0.05, 0.1) is 12.2 Å². The van der Waals surface area contributed by atoms with E-state index >= 15 is 0 Å². The predicted molar refractivity (Wildman–Crippen MR) is 203 cm³/mol. The smallest absolute Gasteiger partial charge is 0.169 e. The maximum atomic E-state index is 6.66. The van der Waals surface area contributed by atoms with E-state index in [9.17, 15) is 0 Å². The topological polar surface area (TPSA) is 18.5 Å². The Morgan fingerprint density at radius 3 is 1.20 bits per heavy atom. The van der Waals surface area contributed by atoms with Crippen molar-refractivity contribution in [3.8, 4) is 0 Å². The van der Waals surface area contributed by atoms with Gasteiger partial charge in [-0.05, 0) is 103 Å². The minimum absolute atomic E-state index is 0.292. The second kappa shape index (κ2) is 29.7. The van der Waals surface area contributed by atoms with Crippen molar-refractivity contribution in [2.75, 3.05) is 0 Å². The van der Waals surface area contributed by atoms with Crippen LogP contribution in [0.1, 0.15) is 200 Å². The molecule has 0 aromatic heterocycles. The largest absolute Gasteiger partial charge is 0.344 e.